The first-order valence-electron chi connectivity index (χ1n) is 1.72. The molecule has 1 aliphatic rings. The maximum atomic E-state index is 3.75. The second-order valence-electron chi connectivity index (χ2n) is 1.44. The minimum Gasteiger partial charge on any atom is -0.340 e. The van der Waals surface area contributed by atoms with Gasteiger partial charge in [0.1, 0.15) is 0 Å². The minimum atomic E-state index is 0. The van der Waals surface area contributed by atoms with Crippen molar-refractivity contribution in [3.8, 4) is 0 Å². The summed E-state index contributed by atoms with van der Waals surface area (Å²) in [5.74, 6) is 0.833. The van der Waals surface area contributed by atoms with Gasteiger partial charge in [0.15, 0.2) is 0 Å². The van der Waals surface area contributed by atoms with Gasteiger partial charge in [-0.25, -0.2) is 0 Å². The van der Waals surface area contributed by atoms with E-state index in [2.05, 4.69) is 6.92 Å². The molecular weight excluding hydrogens is 137 g/mol. The van der Waals surface area contributed by atoms with Crippen molar-refractivity contribution in [2.75, 3.05) is 0 Å². The van der Waals surface area contributed by atoms with Crippen molar-refractivity contribution >= 4 is 0 Å². The zero-order chi connectivity index (χ0) is 2.99. The molecular formula is C4H7Y-. The monoisotopic (exact) mass is 144 g/mol. The molecule has 0 amide bonds. The van der Waals surface area contributed by atoms with E-state index in [-0.39, 0.29) is 32.7 Å². The standard InChI is InChI=1S/C4H7.Y/c1-4-2-3-4;/h4H,1-3H2;/q-1;. The van der Waals surface area contributed by atoms with Crippen LogP contribution in [0, 0.1) is 12.8 Å². The van der Waals surface area contributed by atoms with Crippen molar-refractivity contribution in [2.45, 2.75) is 12.8 Å². The van der Waals surface area contributed by atoms with Gasteiger partial charge < -0.3 is 6.92 Å². The Labute approximate surface area is 58.2 Å². The average Bonchev–Trinajstić information content (AvgIpc) is 1.75. The van der Waals surface area contributed by atoms with Gasteiger partial charge in [0.25, 0.3) is 0 Å². The van der Waals surface area contributed by atoms with Crippen molar-refractivity contribution < 1.29 is 32.7 Å². The molecule has 1 rings (SSSR count). The van der Waals surface area contributed by atoms with Crippen LogP contribution in [0.5, 0.6) is 0 Å². The van der Waals surface area contributed by atoms with Crippen LogP contribution >= 0.6 is 0 Å². The van der Waals surface area contributed by atoms with E-state index in [1.54, 1.807) is 0 Å². The molecule has 1 radical (unpaired) electrons. The summed E-state index contributed by atoms with van der Waals surface area (Å²) >= 11 is 0. The van der Waals surface area contributed by atoms with E-state index >= 15 is 0 Å². The second-order valence-corrected chi connectivity index (χ2v) is 1.44. The topological polar surface area (TPSA) is 0 Å². The van der Waals surface area contributed by atoms with Crippen LogP contribution in [0.25, 0.3) is 0 Å². The first-order chi connectivity index (χ1) is 1.89. The predicted octanol–water partition coefficient (Wildman–Crippen LogP) is 1.23. The summed E-state index contributed by atoms with van der Waals surface area (Å²) in [4.78, 5) is 0. The molecule has 5 heavy (non-hydrogen) atoms. The Morgan fingerprint density at radius 3 is 1.60 bits per heavy atom. The number of hydrogen-bond donors (Lipinski definition) is 0. The molecule has 1 fully saturated rings. The zero-order valence-corrected chi connectivity index (χ0v) is 6.11. The average molecular weight is 144 g/mol. The van der Waals surface area contributed by atoms with Gasteiger partial charge in [0, 0.05) is 32.7 Å². The Morgan fingerprint density at radius 1 is 1.40 bits per heavy atom. The summed E-state index contributed by atoms with van der Waals surface area (Å²) in [6.45, 7) is 3.75. The maximum absolute atomic E-state index is 3.75. The molecule has 0 heterocycles. The van der Waals surface area contributed by atoms with Crippen LogP contribution in [0.2, 0.25) is 0 Å². The Hall–Kier alpha value is 1.10. The van der Waals surface area contributed by atoms with Gasteiger partial charge in [0.2, 0.25) is 0 Å². The quantitative estimate of drug-likeness (QED) is 0.448. The van der Waals surface area contributed by atoms with E-state index in [0.29, 0.717) is 0 Å². The van der Waals surface area contributed by atoms with Crippen LogP contribution in [0.4, 0.5) is 0 Å². The Balaban J connectivity index is 0.000000160. The third kappa shape index (κ3) is 2.92. The molecule has 0 saturated heterocycles. The molecule has 0 atom stereocenters. The van der Waals surface area contributed by atoms with Crippen molar-refractivity contribution in [2.24, 2.45) is 5.92 Å². The van der Waals surface area contributed by atoms with E-state index in [0.717, 1.165) is 5.92 Å². The third-order valence-electron chi connectivity index (χ3n) is 0.697. The molecule has 0 aromatic rings. The summed E-state index contributed by atoms with van der Waals surface area (Å²) in [6.07, 6.45) is 2.75. The maximum Gasteiger partial charge on any atom is 0 e. The molecule has 0 spiro atoms. The first kappa shape index (κ1) is 6.10. The van der Waals surface area contributed by atoms with Crippen LogP contribution < -0.4 is 0 Å². The van der Waals surface area contributed by atoms with Crippen molar-refractivity contribution in [3.05, 3.63) is 6.92 Å². The molecule has 0 aliphatic heterocycles. The van der Waals surface area contributed by atoms with E-state index in [4.69, 9.17) is 0 Å². The molecule has 1 saturated carbocycles. The van der Waals surface area contributed by atoms with E-state index < -0.39 is 0 Å². The normalized spacial score (nSPS) is 21.0. The van der Waals surface area contributed by atoms with E-state index in [9.17, 15) is 0 Å². The fourth-order valence-corrected chi connectivity index (χ4v) is 0.118. The van der Waals surface area contributed by atoms with Gasteiger partial charge in [-0.05, 0) is 0 Å². The van der Waals surface area contributed by atoms with Crippen LogP contribution in [0.15, 0.2) is 0 Å². The zero-order valence-electron chi connectivity index (χ0n) is 3.28. The van der Waals surface area contributed by atoms with Crippen LogP contribution in [0.3, 0.4) is 0 Å². The van der Waals surface area contributed by atoms with Crippen molar-refractivity contribution in [1.82, 2.24) is 0 Å². The summed E-state index contributed by atoms with van der Waals surface area (Å²) < 4.78 is 0. The molecule has 0 aromatic carbocycles. The van der Waals surface area contributed by atoms with Crippen LogP contribution in [0.1, 0.15) is 12.8 Å². The van der Waals surface area contributed by atoms with E-state index in [1.165, 1.54) is 12.8 Å². The Bertz CT molecular complexity index is 22.8. The van der Waals surface area contributed by atoms with Gasteiger partial charge in [0.05, 0.1) is 0 Å². The molecule has 0 unspecified atom stereocenters. The Kier molecular flexibility index (Phi) is 2.82. The van der Waals surface area contributed by atoms with Gasteiger partial charge in [-0.2, -0.15) is 5.92 Å². The largest absolute Gasteiger partial charge is 0.340 e. The third-order valence-corrected chi connectivity index (χ3v) is 0.697. The second kappa shape index (κ2) is 2.31. The Morgan fingerprint density at radius 2 is 1.60 bits per heavy atom. The summed E-state index contributed by atoms with van der Waals surface area (Å²) in [7, 11) is 0. The molecule has 27 valence electrons. The van der Waals surface area contributed by atoms with Crippen molar-refractivity contribution in [1.29, 1.82) is 0 Å². The molecule has 1 aliphatic carbocycles. The van der Waals surface area contributed by atoms with Crippen molar-refractivity contribution in [3.63, 3.8) is 0 Å². The van der Waals surface area contributed by atoms with Gasteiger partial charge in [-0.3, -0.25) is 0 Å². The predicted molar refractivity (Wildman–Crippen MR) is 18.1 cm³/mol. The molecule has 0 N–H and O–H groups in total. The first-order valence-corrected chi connectivity index (χ1v) is 1.72. The number of hydrogen-bond acceptors (Lipinski definition) is 0. The van der Waals surface area contributed by atoms with Gasteiger partial charge >= 0.3 is 0 Å². The van der Waals surface area contributed by atoms with Crippen LogP contribution in [-0.4, -0.2) is 0 Å². The molecule has 1 heteroatoms. The summed E-state index contributed by atoms with van der Waals surface area (Å²) in [5, 5.41) is 0. The minimum absolute atomic E-state index is 0. The van der Waals surface area contributed by atoms with Gasteiger partial charge in [-0.1, -0.05) is 12.8 Å². The van der Waals surface area contributed by atoms with Crippen LogP contribution in [-0.2, 0) is 32.7 Å². The fourth-order valence-electron chi connectivity index (χ4n) is 0.118. The fraction of sp³-hybridized carbons (Fsp3) is 0.750. The summed E-state index contributed by atoms with van der Waals surface area (Å²) in [5.41, 5.74) is 0. The van der Waals surface area contributed by atoms with E-state index in [1.807, 2.05) is 0 Å². The SMILES string of the molecule is [CH2-]C1CC1.[Y]. The summed E-state index contributed by atoms with van der Waals surface area (Å²) in [6, 6.07) is 0. The molecule has 0 bridgehead atoms. The molecule has 0 aromatic heterocycles. The number of rotatable bonds is 0. The smallest absolute Gasteiger partial charge is 0 e. The van der Waals surface area contributed by atoms with Gasteiger partial charge in [-0.15, -0.1) is 0 Å². The molecule has 0 nitrogen and oxygen atoms in total.